The molecular weight excluding hydrogens is 479 g/mol. The Labute approximate surface area is 213 Å². The molecule has 0 saturated carbocycles. The van der Waals surface area contributed by atoms with E-state index in [9.17, 15) is 9.65 Å². The zero-order chi connectivity index (χ0) is 25.7. The SMILES string of the molecule is Cn1cnnc1C1CCN(c2c(C#N)cccc2-c2cnc(F)c(OCOCCS(C)(C)C)c2)CC1. The van der Waals surface area contributed by atoms with E-state index in [-0.39, 0.29) is 12.5 Å². The van der Waals surface area contributed by atoms with Gasteiger partial charge in [-0.2, -0.15) is 9.65 Å². The lowest BCUT2D eigenvalue weighted by molar-refractivity contribution is 0.0209. The molecule has 8 nitrogen and oxygen atoms in total. The summed E-state index contributed by atoms with van der Waals surface area (Å²) >= 11 is 0. The summed E-state index contributed by atoms with van der Waals surface area (Å²) in [5.41, 5.74) is 2.92. The van der Waals surface area contributed by atoms with Gasteiger partial charge in [-0.1, -0.05) is 12.1 Å². The lowest BCUT2D eigenvalue weighted by Gasteiger charge is -2.35. The van der Waals surface area contributed by atoms with Crippen molar-refractivity contribution < 1.29 is 13.9 Å². The second-order valence-electron chi connectivity index (χ2n) is 9.85. The van der Waals surface area contributed by atoms with Gasteiger partial charge in [0.05, 0.1) is 17.9 Å². The number of nitriles is 1. The maximum absolute atomic E-state index is 14.4. The number of hydrogen-bond donors (Lipinski definition) is 0. The number of nitrogens with zero attached hydrogens (tertiary/aromatic N) is 6. The summed E-state index contributed by atoms with van der Waals surface area (Å²) in [4.78, 5) is 6.15. The lowest BCUT2D eigenvalue weighted by atomic mass is 9.93. The quantitative estimate of drug-likeness (QED) is 0.240. The van der Waals surface area contributed by atoms with E-state index < -0.39 is 16.0 Å². The third kappa shape index (κ3) is 6.15. The van der Waals surface area contributed by atoms with Crippen molar-refractivity contribution in [1.29, 1.82) is 5.26 Å². The number of anilines is 1. The average Bonchev–Trinajstić information content (AvgIpc) is 3.29. The maximum atomic E-state index is 14.4. The first kappa shape index (κ1) is 25.9. The van der Waals surface area contributed by atoms with Gasteiger partial charge in [-0.05, 0) is 43.7 Å². The predicted molar refractivity (Wildman–Crippen MR) is 141 cm³/mol. The zero-order valence-electron chi connectivity index (χ0n) is 21.3. The Morgan fingerprint density at radius 2 is 2.00 bits per heavy atom. The molecule has 3 aromatic rings. The number of para-hydroxylation sites is 1. The Balaban J connectivity index is 1.52. The van der Waals surface area contributed by atoms with Gasteiger partial charge in [-0.15, -0.1) is 10.2 Å². The van der Waals surface area contributed by atoms with Crippen molar-refractivity contribution in [3.63, 3.8) is 0 Å². The highest BCUT2D eigenvalue weighted by molar-refractivity contribution is 8.32. The molecule has 0 radical (unpaired) electrons. The second kappa shape index (κ2) is 11.3. The number of aryl methyl sites for hydroxylation is 1. The number of halogens is 1. The number of ether oxygens (including phenoxy) is 2. The zero-order valence-corrected chi connectivity index (χ0v) is 22.1. The van der Waals surface area contributed by atoms with E-state index in [2.05, 4.69) is 44.9 Å². The fourth-order valence-electron chi connectivity index (χ4n) is 4.38. The fourth-order valence-corrected chi connectivity index (χ4v) is 5.00. The smallest absolute Gasteiger partial charge is 0.255 e. The minimum absolute atomic E-state index is 0.0323. The number of aromatic nitrogens is 4. The molecular formula is C26H33FN6O2S. The van der Waals surface area contributed by atoms with Gasteiger partial charge in [-0.25, -0.2) is 15.0 Å². The first-order valence-electron chi connectivity index (χ1n) is 11.9. The van der Waals surface area contributed by atoms with Crippen molar-refractivity contribution in [2.75, 3.05) is 55.9 Å². The van der Waals surface area contributed by atoms with Crippen molar-refractivity contribution in [2.24, 2.45) is 7.05 Å². The van der Waals surface area contributed by atoms with Crippen LogP contribution in [0.2, 0.25) is 0 Å². The third-order valence-electron chi connectivity index (χ3n) is 6.33. The molecule has 1 aliphatic rings. The van der Waals surface area contributed by atoms with Crippen molar-refractivity contribution in [3.05, 3.63) is 54.1 Å². The largest absolute Gasteiger partial charge is 0.463 e. The van der Waals surface area contributed by atoms with E-state index in [4.69, 9.17) is 9.47 Å². The van der Waals surface area contributed by atoms with Crippen LogP contribution in [0, 0.1) is 17.3 Å². The maximum Gasteiger partial charge on any atom is 0.255 e. The highest BCUT2D eigenvalue weighted by atomic mass is 32.3. The van der Waals surface area contributed by atoms with Crippen LogP contribution in [0.25, 0.3) is 11.1 Å². The molecule has 2 aromatic heterocycles. The molecule has 0 unspecified atom stereocenters. The van der Waals surface area contributed by atoms with Crippen LogP contribution in [-0.4, -0.2) is 70.8 Å². The van der Waals surface area contributed by atoms with Crippen molar-refractivity contribution in [2.45, 2.75) is 18.8 Å². The van der Waals surface area contributed by atoms with Gasteiger partial charge < -0.3 is 18.9 Å². The molecule has 0 spiro atoms. The van der Waals surface area contributed by atoms with E-state index >= 15 is 0 Å². The Hall–Kier alpha value is -3.16. The monoisotopic (exact) mass is 512 g/mol. The molecule has 0 aliphatic carbocycles. The summed E-state index contributed by atoms with van der Waals surface area (Å²) in [5.74, 6) is 1.60. The first-order chi connectivity index (χ1) is 17.3. The van der Waals surface area contributed by atoms with Crippen LogP contribution < -0.4 is 9.64 Å². The molecule has 1 aliphatic heterocycles. The van der Waals surface area contributed by atoms with Gasteiger partial charge in [0.25, 0.3) is 5.95 Å². The molecule has 10 heteroatoms. The van der Waals surface area contributed by atoms with Gasteiger partial charge >= 0.3 is 0 Å². The minimum Gasteiger partial charge on any atom is -0.463 e. The molecule has 0 N–H and O–H groups in total. The molecule has 192 valence electrons. The second-order valence-corrected chi connectivity index (χ2v) is 14.4. The van der Waals surface area contributed by atoms with Crippen LogP contribution >= 0.6 is 10.0 Å². The van der Waals surface area contributed by atoms with Crippen LogP contribution in [-0.2, 0) is 11.8 Å². The number of piperidine rings is 1. The van der Waals surface area contributed by atoms with Crippen LogP contribution in [0.4, 0.5) is 10.1 Å². The predicted octanol–water partition coefficient (Wildman–Crippen LogP) is 4.32. The van der Waals surface area contributed by atoms with Crippen LogP contribution in [0.1, 0.15) is 30.1 Å². The van der Waals surface area contributed by atoms with Gasteiger partial charge in [-0.3, -0.25) is 0 Å². The molecule has 3 heterocycles. The van der Waals surface area contributed by atoms with E-state index in [1.165, 1.54) is 6.20 Å². The summed E-state index contributed by atoms with van der Waals surface area (Å²) in [6, 6.07) is 9.55. The lowest BCUT2D eigenvalue weighted by Crippen LogP contribution is -2.34. The van der Waals surface area contributed by atoms with E-state index in [1.807, 2.05) is 29.8 Å². The number of rotatable bonds is 9. The third-order valence-corrected chi connectivity index (χ3v) is 7.73. The fraction of sp³-hybridized carbons (Fsp3) is 0.462. The Bertz CT molecular complexity index is 1230. The Kier molecular flexibility index (Phi) is 8.11. The topological polar surface area (TPSA) is 89.1 Å². The summed E-state index contributed by atoms with van der Waals surface area (Å²) in [7, 11) is 1.29. The number of hydrogen-bond acceptors (Lipinski definition) is 7. The summed E-state index contributed by atoms with van der Waals surface area (Å²) < 4.78 is 27.5. The summed E-state index contributed by atoms with van der Waals surface area (Å²) in [5, 5.41) is 18.2. The molecule has 0 atom stereocenters. The molecule has 1 fully saturated rings. The highest BCUT2D eigenvalue weighted by Crippen LogP contribution is 2.38. The number of pyridine rings is 1. The normalized spacial score (nSPS) is 15.1. The van der Waals surface area contributed by atoms with Gasteiger partial charge in [0.2, 0.25) is 0 Å². The summed E-state index contributed by atoms with van der Waals surface area (Å²) in [6.45, 7) is 2.06. The van der Waals surface area contributed by atoms with E-state index in [1.54, 1.807) is 12.4 Å². The standard InChI is InChI=1S/C26H33FN6O2S/c1-32-17-30-31-26(32)19-8-10-33(11-9-19)24-20(15-28)6-5-7-22(24)21-14-23(25(27)29-16-21)35-18-34-12-13-36(2,3)4/h5-7,14,16-17,19H,8-13,18H2,1-4H3. The van der Waals surface area contributed by atoms with E-state index in [0.29, 0.717) is 23.7 Å². The van der Waals surface area contributed by atoms with Gasteiger partial charge in [0.15, 0.2) is 12.5 Å². The molecule has 0 bridgehead atoms. The van der Waals surface area contributed by atoms with Gasteiger partial charge in [0.1, 0.15) is 18.2 Å². The van der Waals surface area contributed by atoms with Crippen LogP contribution in [0.15, 0.2) is 36.8 Å². The van der Waals surface area contributed by atoms with Crippen molar-refractivity contribution in [1.82, 2.24) is 19.7 Å². The van der Waals surface area contributed by atoms with Crippen molar-refractivity contribution >= 4 is 15.7 Å². The Morgan fingerprint density at radius 3 is 2.67 bits per heavy atom. The molecule has 0 amide bonds. The molecule has 36 heavy (non-hydrogen) atoms. The number of benzene rings is 1. The minimum atomic E-state index is -0.689. The van der Waals surface area contributed by atoms with Gasteiger partial charge in [0, 0.05) is 49.1 Å². The highest BCUT2D eigenvalue weighted by Gasteiger charge is 2.27. The van der Waals surface area contributed by atoms with Crippen LogP contribution in [0.3, 0.4) is 0 Å². The molecule has 4 rings (SSSR count). The molecule has 1 saturated heterocycles. The van der Waals surface area contributed by atoms with Crippen LogP contribution in [0.5, 0.6) is 5.75 Å². The Morgan fingerprint density at radius 1 is 1.22 bits per heavy atom. The van der Waals surface area contributed by atoms with E-state index in [0.717, 1.165) is 48.8 Å². The average molecular weight is 513 g/mol. The van der Waals surface area contributed by atoms with Crippen molar-refractivity contribution in [3.8, 4) is 22.9 Å². The first-order valence-corrected chi connectivity index (χ1v) is 14.9. The summed E-state index contributed by atoms with van der Waals surface area (Å²) in [6.07, 6.45) is 11.7. The molecule has 1 aromatic carbocycles.